The van der Waals surface area contributed by atoms with Gasteiger partial charge in [-0.25, -0.2) is 4.79 Å². The lowest BCUT2D eigenvalue weighted by Crippen LogP contribution is -2.47. The molecule has 174 valence electrons. The molecule has 33 heavy (non-hydrogen) atoms. The molecule has 2 aromatic rings. The molecule has 2 aromatic carbocycles. The van der Waals surface area contributed by atoms with Gasteiger partial charge in [-0.05, 0) is 47.9 Å². The third-order valence-electron chi connectivity index (χ3n) is 7.06. The second kappa shape index (κ2) is 9.25. The summed E-state index contributed by atoms with van der Waals surface area (Å²) in [5.74, 6) is -1.41. The number of alkyl carbamates (subject to hydrolysis) is 1. The molecule has 0 aliphatic heterocycles. The molecule has 3 N–H and O–H groups in total. The van der Waals surface area contributed by atoms with Crippen LogP contribution < -0.4 is 10.6 Å². The van der Waals surface area contributed by atoms with Crippen LogP contribution in [0.15, 0.2) is 48.5 Å². The van der Waals surface area contributed by atoms with Gasteiger partial charge in [0, 0.05) is 19.0 Å². The van der Waals surface area contributed by atoms with Gasteiger partial charge in [-0.3, -0.25) is 9.59 Å². The SMILES string of the molecule is CCC(C)(CNC(=O)OCC1c2ccccc2-c2ccccc21)C(=O)NC[C@H]1C[C@H]1C(=O)O. The summed E-state index contributed by atoms with van der Waals surface area (Å²) in [5, 5.41) is 14.6. The van der Waals surface area contributed by atoms with Crippen molar-refractivity contribution in [3.8, 4) is 11.1 Å². The van der Waals surface area contributed by atoms with Gasteiger partial charge in [-0.2, -0.15) is 0 Å². The first-order chi connectivity index (χ1) is 15.8. The fourth-order valence-electron chi connectivity index (χ4n) is 4.50. The number of carboxylic acids is 1. The number of carbonyl (C=O) groups is 3. The number of hydrogen-bond acceptors (Lipinski definition) is 4. The Kier molecular flexibility index (Phi) is 6.40. The van der Waals surface area contributed by atoms with Crippen LogP contribution in [0.5, 0.6) is 0 Å². The zero-order valence-corrected chi connectivity index (χ0v) is 19.0. The predicted molar refractivity (Wildman–Crippen MR) is 124 cm³/mol. The van der Waals surface area contributed by atoms with Gasteiger partial charge in [0.25, 0.3) is 0 Å². The lowest BCUT2D eigenvalue weighted by molar-refractivity contribution is -0.139. The Labute approximate surface area is 193 Å². The van der Waals surface area contributed by atoms with Gasteiger partial charge in [0.1, 0.15) is 6.61 Å². The van der Waals surface area contributed by atoms with Gasteiger partial charge in [0.05, 0.1) is 11.3 Å². The highest BCUT2D eigenvalue weighted by molar-refractivity contribution is 5.83. The molecule has 1 saturated carbocycles. The normalized spacial score (nSPS) is 20.2. The van der Waals surface area contributed by atoms with E-state index in [1.165, 1.54) is 0 Å². The van der Waals surface area contributed by atoms with Crippen molar-refractivity contribution in [2.75, 3.05) is 19.7 Å². The minimum absolute atomic E-state index is 0.0114. The number of amides is 2. The molecule has 0 aromatic heterocycles. The van der Waals surface area contributed by atoms with E-state index in [0.29, 0.717) is 19.4 Å². The summed E-state index contributed by atoms with van der Waals surface area (Å²) >= 11 is 0. The van der Waals surface area contributed by atoms with Gasteiger partial charge in [0.15, 0.2) is 0 Å². The summed E-state index contributed by atoms with van der Waals surface area (Å²) < 4.78 is 5.56. The Morgan fingerprint density at radius 3 is 2.18 bits per heavy atom. The van der Waals surface area contributed by atoms with E-state index in [0.717, 1.165) is 22.3 Å². The average Bonchev–Trinajstić information content (AvgIpc) is 3.55. The monoisotopic (exact) mass is 450 g/mol. The number of carboxylic acid groups (broad SMARTS) is 1. The molecule has 0 bridgehead atoms. The number of aliphatic carboxylic acids is 1. The number of ether oxygens (including phenoxy) is 1. The molecule has 2 aliphatic rings. The molecule has 2 amide bonds. The summed E-state index contributed by atoms with van der Waals surface area (Å²) in [6.07, 6.45) is 0.559. The molecule has 3 atom stereocenters. The van der Waals surface area contributed by atoms with Crippen LogP contribution in [0.3, 0.4) is 0 Å². The van der Waals surface area contributed by atoms with Gasteiger partial charge >= 0.3 is 12.1 Å². The average molecular weight is 451 g/mol. The Balaban J connectivity index is 1.30. The third-order valence-corrected chi connectivity index (χ3v) is 7.06. The molecule has 7 nitrogen and oxygen atoms in total. The smallest absolute Gasteiger partial charge is 0.407 e. The molecular weight excluding hydrogens is 420 g/mol. The van der Waals surface area contributed by atoms with Crippen molar-refractivity contribution in [1.82, 2.24) is 10.6 Å². The number of benzene rings is 2. The quantitative estimate of drug-likeness (QED) is 0.539. The Morgan fingerprint density at radius 2 is 1.64 bits per heavy atom. The molecule has 1 unspecified atom stereocenters. The number of fused-ring (bicyclic) bond motifs is 3. The Morgan fingerprint density at radius 1 is 1.03 bits per heavy atom. The van der Waals surface area contributed by atoms with Crippen molar-refractivity contribution >= 4 is 18.0 Å². The van der Waals surface area contributed by atoms with Crippen molar-refractivity contribution in [2.24, 2.45) is 17.3 Å². The van der Waals surface area contributed by atoms with Crippen molar-refractivity contribution < 1.29 is 24.2 Å². The first-order valence-electron chi connectivity index (χ1n) is 11.4. The van der Waals surface area contributed by atoms with Crippen molar-refractivity contribution in [3.05, 3.63) is 59.7 Å². The van der Waals surface area contributed by atoms with E-state index in [9.17, 15) is 14.4 Å². The zero-order valence-electron chi connectivity index (χ0n) is 19.0. The van der Waals surface area contributed by atoms with Gasteiger partial charge in [-0.1, -0.05) is 55.5 Å². The fourth-order valence-corrected chi connectivity index (χ4v) is 4.50. The molecule has 0 radical (unpaired) electrons. The molecule has 0 saturated heterocycles. The lowest BCUT2D eigenvalue weighted by atomic mass is 9.86. The number of nitrogens with one attached hydrogen (secondary N) is 2. The van der Waals surface area contributed by atoms with E-state index in [1.54, 1.807) is 6.92 Å². The second-order valence-corrected chi connectivity index (χ2v) is 9.24. The third kappa shape index (κ3) is 4.72. The number of hydrogen-bond donors (Lipinski definition) is 3. The van der Waals surface area contributed by atoms with Crippen molar-refractivity contribution in [2.45, 2.75) is 32.6 Å². The highest BCUT2D eigenvalue weighted by Gasteiger charge is 2.44. The topological polar surface area (TPSA) is 105 Å². The molecule has 7 heteroatoms. The summed E-state index contributed by atoms with van der Waals surface area (Å²) in [4.78, 5) is 36.1. The van der Waals surface area contributed by atoms with E-state index >= 15 is 0 Å². The van der Waals surface area contributed by atoms with E-state index < -0.39 is 17.5 Å². The van der Waals surface area contributed by atoms with E-state index in [2.05, 4.69) is 34.9 Å². The standard InChI is InChI=1S/C26H30N2O5/c1-3-26(2,24(31)27-13-16-12-21(16)23(29)30)15-28-25(32)33-14-22-19-10-6-4-8-17(19)18-9-5-7-11-20(18)22/h4-11,16,21-22H,3,12-15H2,1-2H3,(H,27,31)(H,28,32)(H,29,30)/t16-,21-,26?/m1/s1. The molecule has 2 aliphatic carbocycles. The highest BCUT2D eigenvalue weighted by atomic mass is 16.5. The maximum Gasteiger partial charge on any atom is 0.407 e. The van der Waals surface area contributed by atoms with Crippen molar-refractivity contribution in [3.63, 3.8) is 0 Å². The largest absolute Gasteiger partial charge is 0.481 e. The second-order valence-electron chi connectivity index (χ2n) is 9.24. The van der Waals surface area contributed by atoms with Crippen LogP contribution in [0.25, 0.3) is 11.1 Å². The van der Waals surface area contributed by atoms with Gasteiger partial charge in [-0.15, -0.1) is 0 Å². The van der Waals surface area contributed by atoms with Crippen LogP contribution in [-0.2, 0) is 14.3 Å². The maximum atomic E-state index is 12.7. The van der Waals surface area contributed by atoms with Crippen LogP contribution in [-0.4, -0.2) is 42.8 Å². The van der Waals surface area contributed by atoms with E-state index in [1.807, 2.05) is 31.2 Å². The highest BCUT2D eigenvalue weighted by Crippen LogP contribution is 2.44. The molecule has 0 spiro atoms. The van der Waals surface area contributed by atoms with E-state index in [4.69, 9.17) is 9.84 Å². The Bertz CT molecular complexity index is 1020. The summed E-state index contributed by atoms with van der Waals surface area (Å²) in [7, 11) is 0. The van der Waals surface area contributed by atoms with Crippen LogP contribution in [0.2, 0.25) is 0 Å². The predicted octanol–water partition coefficient (Wildman–Crippen LogP) is 3.78. The maximum absolute atomic E-state index is 12.7. The molecule has 1 fully saturated rings. The lowest BCUT2D eigenvalue weighted by Gasteiger charge is -2.27. The number of rotatable bonds is 9. The molecule has 0 heterocycles. The summed E-state index contributed by atoms with van der Waals surface area (Å²) in [6, 6.07) is 16.3. The van der Waals surface area contributed by atoms with Crippen LogP contribution in [0, 0.1) is 17.3 Å². The van der Waals surface area contributed by atoms with Crippen LogP contribution >= 0.6 is 0 Å². The molecular formula is C26H30N2O5. The summed E-state index contributed by atoms with van der Waals surface area (Å²) in [5.41, 5.74) is 3.81. The van der Waals surface area contributed by atoms with Gasteiger partial charge in [0.2, 0.25) is 5.91 Å². The first-order valence-corrected chi connectivity index (χ1v) is 11.4. The number of carbonyl (C=O) groups excluding carboxylic acids is 2. The molecule has 4 rings (SSSR count). The van der Waals surface area contributed by atoms with Crippen LogP contribution in [0.4, 0.5) is 4.79 Å². The summed E-state index contributed by atoms with van der Waals surface area (Å²) in [6.45, 7) is 4.37. The minimum Gasteiger partial charge on any atom is -0.481 e. The Hall–Kier alpha value is -3.35. The van der Waals surface area contributed by atoms with Crippen molar-refractivity contribution in [1.29, 1.82) is 0 Å². The minimum atomic E-state index is -0.815. The first kappa shape index (κ1) is 22.8. The zero-order chi connectivity index (χ0) is 23.6. The van der Waals surface area contributed by atoms with E-state index in [-0.39, 0.29) is 36.8 Å². The fraction of sp³-hybridized carbons (Fsp3) is 0.423. The van der Waals surface area contributed by atoms with Gasteiger partial charge < -0.3 is 20.5 Å². The van der Waals surface area contributed by atoms with Crippen LogP contribution in [0.1, 0.15) is 43.7 Å².